The third kappa shape index (κ3) is 3.41. The maximum atomic E-state index is 12.4. The fraction of sp³-hybridized carbons (Fsp3) is 0.316. The number of carbonyl (C=O) groups is 1. The number of rotatable bonds is 4. The van der Waals surface area contributed by atoms with Gasteiger partial charge in [-0.25, -0.2) is 0 Å². The maximum absolute atomic E-state index is 12.4. The summed E-state index contributed by atoms with van der Waals surface area (Å²) in [6.07, 6.45) is 4.07. The zero-order valence-electron chi connectivity index (χ0n) is 12.8. The van der Waals surface area contributed by atoms with Crippen molar-refractivity contribution in [3.8, 4) is 0 Å². The molecule has 0 aliphatic heterocycles. The first-order valence-electron chi connectivity index (χ1n) is 7.71. The van der Waals surface area contributed by atoms with Crippen molar-refractivity contribution in [3.63, 3.8) is 0 Å². The molecule has 0 heterocycles. The van der Waals surface area contributed by atoms with Crippen molar-refractivity contribution in [2.24, 2.45) is 0 Å². The van der Waals surface area contributed by atoms with Gasteiger partial charge < -0.3 is 4.90 Å². The molecule has 2 aromatic rings. The molecule has 0 spiro atoms. The Balaban J connectivity index is 1.65. The summed E-state index contributed by atoms with van der Waals surface area (Å²) in [5, 5.41) is 0. The molecule has 2 nitrogen and oxygen atoms in total. The van der Waals surface area contributed by atoms with Crippen LogP contribution in [-0.2, 0) is 30.6 Å². The molecule has 2 aromatic carbocycles. The molecule has 22 heavy (non-hydrogen) atoms. The first-order chi connectivity index (χ1) is 10.6. The van der Waals surface area contributed by atoms with Crippen LogP contribution in [0.15, 0.2) is 46.9 Å². The molecule has 1 amide bonds. The predicted molar refractivity (Wildman–Crippen MR) is 92.8 cm³/mol. The lowest BCUT2D eigenvalue weighted by molar-refractivity contribution is -0.129. The highest BCUT2D eigenvalue weighted by Gasteiger charge is 2.14. The molecular weight excluding hydrogens is 338 g/mol. The van der Waals surface area contributed by atoms with E-state index in [-0.39, 0.29) is 5.91 Å². The molecule has 1 aliphatic rings. The van der Waals surface area contributed by atoms with Crippen LogP contribution in [0.4, 0.5) is 0 Å². The Hall–Kier alpha value is -1.61. The minimum atomic E-state index is 0.161. The minimum absolute atomic E-state index is 0.161. The lowest BCUT2D eigenvalue weighted by atomic mass is 10.0. The lowest BCUT2D eigenvalue weighted by Crippen LogP contribution is -2.27. The van der Waals surface area contributed by atoms with Gasteiger partial charge in [-0.15, -0.1) is 0 Å². The molecule has 0 saturated heterocycles. The number of fused-ring (bicyclic) bond motifs is 1. The fourth-order valence-corrected chi connectivity index (χ4v) is 3.43. The minimum Gasteiger partial charge on any atom is -0.341 e. The molecule has 0 radical (unpaired) electrons. The van der Waals surface area contributed by atoms with Crippen LogP contribution < -0.4 is 0 Å². The van der Waals surface area contributed by atoms with Crippen LogP contribution in [0, 0.1) is 0 Å². The normalized spacial score (nSPS) is 13.0. The van der Waals surface area contributed by atoms with Crippen LogP contribution in [0.2, 0.25) is 0 Å². The highest BCUT2D eigenvalue weighted by atomic mass is 79.9. The summed E-state index contributed by atoms with van der Waals surface area (Å²) < 4.78 is 1.05. The molecule has 0 unspecified atom stereocenters. The van der Waals surface area contributed by atoms with E-state index in [9.17, 15) is 4.79 Å². The van der Waals surface area contributed by atoms with E-state index in [4.69, 9.17) is 0 Å². The second-order valence-electron chi connectivity index (χ2n) is 5.97. The van der Waals surface area contributed by atoms with Gasteiger partial charge in [-0.05, 0) is 47.6 Å². The first kappa shape index (κ1) is 15.3. The standard InChI is InChI=1S/C19H20BrNO/c1-21(13-17-5-2-3-8-18(17)20)19(22)12-14-9-10-15-6-4-7-16(15)11-14/h2-3,5,8-11H,4,6-7,12-13H2,1H3. The van der Waals surface area contributed by atoms with E-state index in [0.717, 1.165) is 22.0 Å². The Bertz CT molecular complexity index is 696. The van der Waals surface area contributed by atoms with Crippen molar-refractivity contribution in [2.45, 2.75) is 32.2 Å². The number of aryl methyl sites for hydroxylation is 2. The van der Waals surface area contributed by atoms with Gasteiger partial charge in [-0.1, -0.05) is 52.3 Å². The molecule has 0 N–H and O–H groups in total. The summed E-state index contributed by atoms with van der Waals surface area (Å²) in [5.41, 5.74) is 5.15. The average Bonchev–Trinajstić information content (AvgIpc) is 2.97. The molecule has 114 valence electrons. The molecule has 0 atom stereocenters. The molecule has 0 aromatic heterocycles. The number of nitrogens with zero attached hydrogens (tertiary/aromatic N) is 1. The predicted octanol–water partition coefficient (Wildman–Crippen LogP) is 4.14. The zero-order chi connectivity index (χ0) is 15.5. The third-order valence-electron chi connectivity index (χ3n) is 4.31. The van der Waals surface area contributed by atoms with E-state index in [1.54, 1.807) is 4.90 Å². The molecule has 0 fully saturated rings. The number of likely N-dealkylation sites (N-methyl/N-ethyl adjacent to an activating group) is 1. The molecule has 0 saturated carbocycles. The number of hydrogen-bond acceptors (Lipinski definition) is 1. The number of carbonyl (C=O) groups excluding carboxylic acids is 1. The van der Waals surface area contributed by atoms with E-state index in [1.807, 2.05) is 31.3 Å². The Labute approximate surface area is 140 Å². The molecule has 3 heteroatoms. The van der Waals surface area contributed by atoms with Gasteiger partial charge in [0.05, 0.1) is 6.42 Å². The van der Waals surface area contributed by atoms with Crippen LogP contribution in [0.5, 0.6) is 0 Å². The van der Waals surface area contributed by atoms with Gasteiger partial charge in [0.1, 0.15) is 0 Å². The Kier molecular flexibility index (Phi) is 4.63. The first-order valence-corrected chi connectivity index (χ1v) is 8.51. The summed E-state index contributed by atoms with van der Waals surface area (Å²) >= 11 is 3.54. The van der Waals surface area contributed by atoms with Crippen molar-refractivity contribution < 1.29 is 4.79 Å². The van der Waals surface area contributed by atoms with Gasteiger partial charge in [0, 0.05) is 18.1 Å². The Morgan fingerprint density at radius 1 is 1.14 bits per heavy atom. The SMILES string of the molecule is CN(Cc1ccccc1Br)C(=O)Cc1ccc2c(c1)CCC2. The summed E-state index contributed by atoms with van der Waals surface area (Å²) in [4.78, 5) is 14.2. The molecular formula is C19H20BrNO. The highest BCUT2D eigenvalue weighted by Crippen LogP contribution is 2.23. The Morgan fingerprint density at radius 2 is 1.91 bits per heavy atom. The van der Waals surface area contributed by atoms with Crippen molar-refractivity contribution in [1.82, 2.24) is 4.90 Å². The fourth-order valence-electron chi connectivity index (χ4n) is 3.02. The maximum Gasteiger partial charge on any atom is 0.227 e. The van der Waals surface area contributed by atoms with Gasteiger partial charge in [0.15, 0.2) is 0 Å². The summed E-state index contributed by atoms with van der Waals surface area (Å²) in [5.74, 6) is 0.161. The number of hydrogen-bond donors (Lipinski definition) is 0. The monoisotopic (exact) mass is 357 g/mol. The quantitative estimate of drug-likeness (QED) is 0.805. The third-order valence-corrected chi connectivity index (χ3v) is 5.08. The van der Waals surface area contributed by atoms with Crippen LogP contribution in [0.25, 0.3) is 0 Å². The van der Waals surface area contributed by atoms with E-state index in [1.165, 1.54) is 24.0 Å². The van der Waals surface area contributed by atoms with E-state index < -0.39 is 0 Å². The van der Waals surface area contributed by atoms with E-state index in [0.29, 0.717) is 13.0 Å². The van der Waals surface area contributed by atoms with Gasteiger partial charge in [-0.3, -0.25) is 4.79 Å². The molecule has 3 rings (SSSR count). The van der Waals surface area contributed by atoms with Crippen LogP contribution >= 0.6 is 15.9 Å². The molecule has 1 aliphatic carbocycles. The summed E-state index contributed by atoms with van der Waals surface area (Å²) in [6.45, 7) is 0.630. The van der Waals surface area contributed by atoms with Gasteiger partial charge in [0.25, 0.3) is 0 Å². The average molecular weight is 358 g/mol. The van der Waals surface area contributed by atoms with E-state index >= 15 is 0 Å². The van der Waals surface area contributed by atoms with E-state index in [2.05, 4.69) is 34.1 Å². The van der Waals surface area contributed by atoms with Crippen molar-refractivity contribution >= 4 is 21.8 Å². The Morgan fingerprint density at radius 3 is 2.73 bits per heavy atom. The second-order valence-corrected chi connectivity index (χ2v) is 6.83. The summed E-state index contributed by atoms with van der Waals surface area (Å²) in [7, 11) is 1.87. The largest absolute Gasteiger partial charge is 0.341 e. The highest BCUT2D eigenvalue weighted by molar-refractivity contribution is 9.10. The van der Waals surface area contributed by atoms with Gasteiger partial charge in [0.2, 0.25) is 5.91 Å². The topological polar surface area (TPSA) is 20.3 Å². The van der Waals surface area contributed by atoms with Crippen molar-refractivity contribution in [2.75, 3.05) is 7.05 Å². The van der Waals surface area contributed by atoms with Crippen LogP contribution in [0.1, 0.15) is 28.7 Å². The number of benzene rings is 2. The smallest absolute Gasteiger partial charge is 0.227 e. The van der Waals surface area contributed by atoms with Crippen molar-refractivity contribution in [3.05, 3.63) is 69.2 Å². The van der Waals surface area contributed by atoms with Crippen LogP contribution in [-0.4, -0.2) is 17.9 Å². The molecule has 0 bridgehead atoms. The zero-order valence-corrected chi connectivity index (χ0v) is 14.4. The number of amides is 1. The lowest BCUT2D eigenvalue weighted by Gasteiger charge is -2.18. The van der Waals surface area contributed by atoms with Gasteiger partial charge >= 0.3 is 0 Å². The second kappa shape index (κ2) is 6.66. The summed E-state index contributed by atoms with van der Waals surface area (Å²) in [6, 6.07) is 14.6. The van der Waals surface area contributed by atoms with Crippen LogP contribution in [0.3, 0.4) is 0 Å². The van der Waals surface area contributed by atoms with Gasteiger partial charge in [-0.2, -0.15) is 0 Å². The van der Waals surface area contributed by atoms with Crippen molar-refractivity contribution in [1.29, 1.82) is 0 Å². The number of halogens is 1.